The number of carbonyl (C=O) groups is 1. The molecular weight excluding hydrogens is 428 g/mol. The van der Waals surface area contributed by atoms with Crippen LogP contribution < -0.4 is 19.1 Å². The van der Waals surface area contributed by atoms with Crippen molar-refractivity contribution in [1.82, 2.24) is 0 Å². The van der Waals surface area contributed by atoms with Crippen molar-refractivity contribution in [1.29, 1.82) is 0 Å². The van der Waals surface area contributed by atoms with E-state index < -0.39 is 22.5 Å². The van der Waals surface area contributed by atoms with Gasteiger partial charge in [0, 0.05) is 5.69 Å². The third-order valence-electron chi connectivity index (χ3n) is 4.96. The lowest BCUT2D eigenvalue weighted by atomic mass is 10.1. The van der Waals surface area contributed by atoms with Crippen LogP contribution in [-0.4, -0.2) is 35.1 Å². The summed E-state index contributed by atoms with van der Waals surface area (Å²) in [5, 5.41) is 2.84. The van der Waals surface area contributed by atoms with Crippen molar-refractivity contribution in [2.45, 2.75) is 18.2 Å². The Bertz CT molecular complexity index is 1180. The van der Waals surface area contributed by atoms with Gasteiger partial charge in [0.25, 0.3) is 10.0 Å². The maximum absolute atomic E-state index is 13.6. The summed E-state index contributed by atoms with van der Waals surface area (Å²) in [7, 11) is -1.12. The van der Waals surface area contributed by atoms with Gasteiger partial charge in [-0.15, -0.1) is 0 Å². The normalized spacial score (nSPS) is 11.0. The molecule has 0 aliphatic rings. The summed E-state index contributed by atoms with van der Waals surface area (Å²) in [5.41, 5.74) is 1.88. The van der Waals surface area contributed by atoms with Gasteiger partial charge in [-0.2, -0.15) is 0 Å². The average molecular weight is 455 g/mol. The van der Waals surface area contributed by atoms with Crippen LogP contribution in [0, 0.1) is 0 Å². The van der Waals surface area contributed by atoms with Gasteiger partial charge in [0.2, 0.25) is 5.91 Å². The first-order valence-corrected chi connectivity index (χ1v) is 11.5. The lowest BCUT2D eigenvalue weighted by Gasteiger charge is -2.26. The van der Waals surface area contributed by atoms with Gasteiger partial charge < -0.3 is 14.8 Å². The number of benzene rings is 3. The van der Waals surface area contributed by atoms with Crippen molar-refractivity contribution in [2.75, 3.05) is 30.4 Å². The predicted octanol–water partition coefficient (Wildman–Crippen LogP) is 4.10. The summed E-state index contributed by atoms with van der Waals surface area (Å²) in [6.45, 7) is 1.56. The number of anilines is 2. The van der Waals surface area contributed by atoms with Gasteiger partial charge in [-0.3, -0.25) is 9.10 Å². The van der Waals surface area contributed by atoms with Crippen LogP contribution >= 0.6 is 0 Å². The summed E-state index contributed by atoms with van der Waals surface area (Å²) in [4.78, 5) is 13.0. The van der Waals surface area contributed by atoms with E-state index in [-0.39, 0.29) is 10.6 Å². The molecule has 0 aliphatic heterocycles. The molecule has 0 unspecified atom stereocenters. The lowest BCUT2D eigenvalue weighted by molar-refractivity contribution is -0.114. The first-order chi connectivity index (χ1) is 15.4. The van der Waals surface area contributed by atoms with Crippen LogP contribution in [0.1, 0.15) is 12.5 Å². The van der Waals surface area contributed by atoms with Gasteiger partial charge in [0.05, 0.1) is 24.8 Å². The fourth-order valence-corrected chi connectivity index (χ4v) is 4.71. The number of methoxy groups -OCH3 is 2. The Morgan fingerprint density at radius 3 is 2.22 bits per heavy atom. The van der Waals surface area contributed by atoms with Crippen LogP contribution in [0.15, 0.2) is 77.7 Å². The molecule has 0 atom stereocenters. The molecule has 0 fully saturated rings. The van der Waals surface area contributed by atoms with E-state index in [1.165, 1.54) is 26.4 Å². The highest BCUT2D eigenvalue weighted by molar-refractivity contribution is 7.92. The minimum absolute atomic E-state index is 0.0333. The zero-order valence-corrected chi connectivity index (χ0v) is 19.1. The first kappa shape index (κ1) is 23.1. The van der Waals surface area contributed by atoms with Crippen molar-refractivity contribution in [2.24, 2.45) is 0 Å². The van der Waals surface area contributed by atoms with Gasteiger partial charge in [-0.25, -0.2) is 8.42 Å². The molecule has 3 aromatic carbocycles. The van der Waals surface area contributed by atoms with Crippen molar-refractivity contribution in [3.63, 3.8) is 0 Å². The van der Waals surface area contributed by atoms with Crippen molar-refractivity contribution in [3.05, 3.63) is 78.4 Å². The van der Waals surface area contributed by atoms with Crippen LogP contribution in [-0.2, 0) is 21.2 Å². The average Bonchev–Trinajstić information content (AvgIpc) is 2.82. The first-order valence-electron chi connectivity index (χ1n) is 10.1. The highest BCUT2D eigenvalue weighted by Crippen LogP contribution is 2.32. The van der Waals surface area contributed by atoms with E-state index in [1.54, 1.807) is 42.5 Å². The van der Waals surface area contributed by atoms with Gasteiger partial charge in [0.15, 0.2) is 0 Å². The second-order valence-electron chi connectivity index (χ2n) is 6.92. The number of para-hydroxylation sites is 3. The molecule has 3 rings (SSSR count). The zero-order valence-electron chi connectivity index (χ0n) is 18.2. The third kappa shape index (κ3) is 5.03. The number of nitrogens with zero attached hydrogens (tertiary/aromatic N) is 1. The van der Waals surface area contributed by atoms with Crippen molar-refractivity contribution >= 4 is 27.3 Å². The minimum Gasteiger partial charge on any atom is -0.497 e. The molecule has 0 aliphatic carbocycles. The van der Waals surface area contributed by atoms with Gasteiger partial charge >= 0.3 is 0 Å². The molecule has 3 aromatic rings. The largest absolute Gasteiger partial charge is 0.497 e. The van der Waals surface area contributed by atoms with Crippen LogP contribution in [0.4, 0.5) is 11.4 Å². The Morgan fingerprint density at radius 1 is 0.906 bits per heavy atom. The Kier molecular flexibility index (Phi) is 7.37. The number of ether oxygens (including phenoxy) is 2. The van der Waals surface area contributed by atoms with Gasteiger partial charge in [-0.1, -0.05) is 37.3 Å². The molecule has 8 heteroatoms. The van der Waals surface area contributed by atoms with E-state index in [1.807, 2.05) is 25.1 Å². The molecule has 0 aromatic heterocycles. The Balaban J connectivity index is 2.00. The van der Waals surface area contributed by atoms with E-state index in [0.29, 0.717) is 17.2 Å². The highest BCUT2D eigenvalue weighted by Gasteiger charge is 2.29. The summed E-state index contributed by atoms with van der Waals surface area (Å²) < 4.78 is 38.7. The third-order valence-corrected chi connectivity index (χ3v) is 6.73. The molecule has 0 radical (unpaired) electrons. The van der Waals surface area contributed by atoms with Crippen molar-refractivity contribution < 1.29 is 22.7 Å². The number of hydrogen-bond donors (Lipinski definition) is 1. The topological polar surface area (TPSA) is 84.9 Å². The summed E-state index contributed by atoms with van der Waals surface area (Å²) in [5.74, 6) is 0.405. The smallest absolute Gasteiger partial charge is 0.264 e. The van der Waals surface area contributed by atoms with Crippen LogP contribution in [0.3, 0.4) is 0 Å². The fraction of sp³-hybridized carbons (Fsp3) is 0.208. The predicted molar refractivity (Wildman–Crippen MR) is 125 cm³/mol. The maximum Gasteiger partial charge on any atom is 0.264 e. The molecule has 1 N–H and O–H groups in total. The number of amides is 1. The second kappa shape index (κ2) is 10.2. The maximum atomic E-state index is 13.6. The van der Waals surface area contributed by atoms with Crippen LogP contribution in [0.5, 0.6) is 11.5 Å². The second-order valence-corrected chi connectivity index (χ2v) is 8.78. The summed E-state index contributed by atoms with van der Waals surface area (Å²) in [6, 6.07) is 20.1. The molecular formula is C24H26N2O5S. The molecule has 0 saturated carbocycles. The fourth-order valence-electron chi connectivity index (χ4n) is 3.28. The zero-order chi connectivity index (χ0) is 23.1. The summed E-state index contributed by atoms with van der Waals surface area (Å²) >= 11 is 0. The van der Waals surface area contributed by atoms with Gasteiger partial charge in [0.1, 0.15) is 18.0 Å². The van der Waals surface area contributed by atoms with E-state index >= 15 is 0 Å². The Morgan fingerprint density at radius 2 is 1.56 bits per heavy atom. The van der Waals surface area contributed by atoms with E-state index in [2.05, 4.69) is 5.32 Å². The quantitative estimate of drug-likeness (QED) is 0.526. The standard InChI is InChI=1S/C24H26N2O5S/c1-4-18-9-5-6-10-21(18)25-24(27)17-26(22-11-7-8-12-23(22)31-3)32(28,29)20-15-13-19(30-2)14-16-20/h5-16H,4,17H2,1-3H3,(H,25,27). The monoisotopic (exact) mass is 454 g/mol. The molecule has 1 amide bonds. The molecule has 7 nitrogen and oxygen atoms in total. The molecule has 0 saturated heterocycles. The van der Waals surface area contributed by atoms with Crippen LogP contribution in [0.2, 0.25) is 0 Å². The number of hydrogen-bond acceptors (Lipinski definition) is 5. The SMILES string of the molecule is CCc1ccccc1NC(=O)CN(c1ccccc1OC)S(=O)(=O)c1ccc(OC)cc1. The van der Waals surface area contributed by atoms with E-state index in [9.17, 15) is 13.2 Å². The Hall–Kier alpha value is -3.52. The van der Waals surface area contributed by atoms with Crippen LogP contribution in [0.25, 0.3) is 0 Å². The number of nitrogens with one attached hydrogen (secondary N) is 1. The highest BCUT2D eigenvalue weighted by atomic mass is 32.2. The molecule has 0 spiro atoms. The molecule has 0 bridgehead atoms. The molecule has 0 heterocycles. The number of sulfonamides is 1. The van der Waals surface area contributed by atoms with E-state index in [4.69, 9.17) is 9.47 Å². The van der Waals surface area contributed by atoms with Gasteiger partial charge in [-0.05, 0) is 54.4 Å². The number of carbonyl (C=O) groups excluding carboxylic acids is 1. The van der Waals surface area contributed by atoms with Crippen molar-refractivity contribution in [3.8, 4) is 11.5 Å². The number of aryl methyl sites for hydroxylation is 1. The number of rotatable bonds is 9. The Labute approximate surface area is 188 Å². The minimum atomic E-state index is -4.08. The van der Waals surface area contributed by atoms with E-state index in [0.717, 1.165) is 16.3 Å². The summed E-state index contributed by atoms with van der Waals surface area (Å²) in [6.07, 6.45) is 0.733. The molecule has 168 valence electrons. The molecule has 32 heavy (non-hydrogen) atoms. The lowest BCUT2D eigenvalue weighted by Crippen LogP contribution is -2.38.